The fourth-order valence-electron chi connectivity index (χ4n) is 7.31. The Bertz CT molecular complexity index is 2180. The number of fused-ring (bicyclic) bond motifs is 1. The molecule has 248 valence electrons. The summed E-state index contributed by atoms with van der Waals surface area (Å²) in [6.07, 6.45) is -3.72. The summed E-state index contributed by atoms with van der Waals surface area (Å²) >= 11 is 1.86. The number of nitrogens with two attached hydrogens (primary N) is 1. The largest absolute Gasteiger partial charge is 0.417 e. The second-order valence-corrected chi connectivity index (χ2v) is 16.6. The second kappa shape index (κ2) is 10.7. The zero-order valence-electron chi connectivity index (χ0n) is 25.1. The average molecular weight is 709 g/mol. The summed E-state index contributed by atoms with van der Waals surface area (Å²) in [5.41, 5.74) is 3.03. The van der Waals surface area contributed by atoms with E-state index in [0.717, 1.165) is 35.2 Å². The van der Waals surface area contributed by atoms with Crippen LogP contribution < -0.4 is 16.3 Å². The summed E-state index contributed by atoms with van der Waals surface area (Å²) in [6.45, 7) is 7.45. The number of nitrogens with zero attached hydrogens (tertiary/aromatic N) is 5. The van der Waals surface area contributed by atoms with Crippen LogP contribution in [0.25, 0.3) is 32.2 Å². The van der Waals surface area contributed by atoms with E-state index in [4.69, 9.17) is 5.73 Å². The summed E-state index contributed by atoms with van der Waals surface area (Å²) in [7, 11) is -3.39. The summed E-state index contributed by atoms with van der Waals surface area (Å²) in [5.74, 6) is -1.29. The highest BCUT2D eigenvalue weighted by Crippen LogP contribution is 2.53. The zero-order valence-corrected chi connectivity index (χ0v) is 27.5. The summed E-state index contributed by atoms with van der Waals surface area (Å²) in [4.78, 5) is 38.4. The third kappa shape index (κ3) is 5.08. The SMILES string of the molecule is C=CC(=O)N1[C@H](C)CN(c2nc(=O)n3c4c(c(-c5ccc(F)c6sc(N)nc56)c(C(F)(F)F)cc24)SCC2(C3)CS(=O)(=O)C2)C[C@@H]1C. The van der Waals surface area contributed by atoms with Crippen LogP contribution >= 0.6 is 23.1 Å². The van der Waals surface area contributed by atoms with Gasteiger partial charge in [-0.05, 0) is 38.1 Å². The summed E-state index contributed by atoms with van der Waals surface area (Å²) in [5, 5.41) is 0.0278. The van der Waals surface area contributed by atoms with Crippen LogP contribution in [0.4, 0.5) is 28.5 Å². The van der Waals surface area contributed by atoms with Crippen LogP contribution in [0.1, 0.15) is 19.4 Å². The Hall–Kier alpha value is -3.70. The number of carbonyl (C=O) groups is 1. The van der Waals surface area contributed by atoms with E-state index in [0.29, 0.717) is 0 Å². The van der Waals surface area contributed by atoms with Crippen LogP contribution in [-0.4, -0.2) is 76.2 Å². The van der Waals surface area contributed by atoms with E-state index in [1.165, 1.54) is 16.7 Å². The number of benzene rings is 2. The van der Waals surface area contributed by atoms with Gasteiger partial charge in [0.2, 0.25) is 5.91 Å². The van der Waals surface area contributed by atoms with Crippen LogP contribution in [0.2, 0.25) is 0 Å². The maximum Gasteiger partial charge on any atom is 0.417 e. The lowest BCUT2D eigenvalue weighted by atomic mass is 9.93. The van der Waals surface area contributed by atoms with Crippen molar-refractivity contribution in [1.29, 1.82) is 0 Å². The van der Waals surface area contributed by atoms with Gasteiger partial charge in [-0.15, -0.1) is 11.8 Å². The predicted molar refractivity (Wildman–Crippen MR) is 174 cm³/mol. The molecule has 0 saturated carbocycles. The fraction of sp³-hybridized carbons (Fsp3) is 0.400. The minimum Gasteiger partial charge on any atom is -0.375 e. The number of thiazole rings is 1. The van der Waals surface area contributed by atoms with Gasteiger partial charge in [-0.25, -0.2) is 22.6 Å². The number of nitrogen functional groups attached to an aromatic ring is 1. The van der Waals surface area contributed by atoms with Gasteiger partial charge >= 0.3 is 11.9 Å². The van der Waals surface area contributed by atoms with Gasteiger partial charge < -0.3 is 15.5 Å². The maximum atomic E-state index is 15.2. The maximum absolute atomic E-state index is 15.2. The van der Waals surface area contributed by atoms with E-state index in [-0.39, 0.29) is 103 Å². The Morgan fingerprint density at radius 1 is 1.17 bits per heavy atom. The topological polar surface area (TPSA) is 131 Å². The van der Waals surface area contributed by atoms with Gasteiger partial charge in [0.25, 0.3) is 0 Å². The molecule has 2 aromatic heterocycles. The molecule has 0 unspecified atom stereocenters. The highest BCUT2D eigenvalue weighted by atomic mass is 32.2. The third-order valence-corrected chi connectivity index (χ3v) is 13.4. The van der Waals surface area contributed by atoms with Crippen LogP contribution in [0, 0.1) is 11.2 Å². The minimum absolute atomic E-state index is 0.0108. The molecule has 3 aliphatic rings. The summed E-state index contributed by atoms with van der Waals surface area (Å²) in [6, 6.07) is 2.47. The molecule has 47 heavy (non-hydrogen) atoms. The van der Waals surface area contributed by atoms with Crippen LogP contribution in [0.15, 0.2) is 40.5 Å². The normalized spacial score (nSPS) is 22.0. The summed E-state index contributed by atoms with van der Waals surface area (Å²) < 4.78 is 86.5. The van der Waals surface area contributed by atoms with Crippen LogP contribution in [0.5, 0.6) is 0 Å². The first-order valence-corrected chi connectivity index (χ1v) is 18.2. The lowest BCUT2D eigenvalue weighted by Gasteiger charge is -2.44. The van der Waals surface area contributed by atoms with Gasteiger partial charge in [-0.3, -0.25) is 9.36 Å². The number of sulfone groups is 1. The third-order valence-electron chi connectivity index (χ3n) is 9.00. The molecule has 2 fully saturated rings. The Balaban J connectivity index is 1.54. The Morgan fingerprint density at radius 2 is 1.85 bits per heavy atom. The number of anilines is 2. The zero-order chi connectivity index (χ0) is 33.8. The van der Waals surface area contributed by atoms with Crippen molar-refractivity contribution in [3.05, 3.63) is 52.7 Å². The molecule has 0 radical (unpaired) electrons. The van der Waals surface area contributed by atoms with Crippen molar-refractivity contribution in [2.24, 2.45) is 5.41 Å². The van der Waals surface area contributed by atoms with Crippen molar-refractivity contribution in [1.82, 2.24) is 19.4 Å². The number of alkyl halides is 3. The van der Waals surface area contributed by atoms with Crippen LogP contribution in [0.3, 0.4) is 0 Å². The number of hydrogen-bond acceptors (Lipinski definition) is 10. The molecule has 0 bridgehead atoms. The van der Waals surface area contributed by atoms with E-state index in [1.807, 2.05) is 0 Å². The highest BCUT2D eigenvalue weighted by molar-refractivity contribution is 8.00. The smallest absolute Gasteiger partial charge is 0.375 e. The number of amides is 1. The van der Waals surface area contributed by atoms with Crippen LogP contribution in [-0.2, 0) is 27.4 Å². The first-order chi connectivity index (χ1) is 22.0. The molecule has 0 aliphatic carbocycles. The molecule has 17 heteroatoms. The van der Waals surface area contributed by atoms with Gasteiger partial charge in [-0.1, -0.05) is 17.9 Å². The first-order valence-electron chi connectivity index (χ1n) is 14.6. The number of hydrogen-bond donors (Lipinski definition) is 1. The van der Waals surface area contributed by atoms with E-state index in [9.17, 15) is 22.4 Å². The molecular weight excluding hydrogens is 681 g/mol. The lowest BCUT2D eigenvalue weighted by Crippen LogP contribution is -2.59. The van der Waals surface area contributed by atoms with Crippen molar-refractivity contribution in [2.45, 2.75) is 43.5 Å². The molecule has 7 rings (SSSR count). The molecule has 2 aromatic carbocycles. The Morgan fingerprint density at radius 3 is 2.47 bits per heavy atom. The van der Waals surface area contributed by atoms with Crippen molar-refractivity contribution < 1.29 is 30.8 Å². The number of carbonyl (C=O) groups excluding carboxylic acids is 1. The molecular formula is C30H28F4N6O4S3. The van der Waals surface area contributed by atoms with E-state index in [1.54, 1.807) is 23.6 Å². The molecule has 3 aliphatic heterocycles. The number of rotatable bonds is 3. The van der Waals surface area contributed by atoms with E-state index < -0.39 is 38.5 Å². The highest BCUT2D eigenvalue weighted by Gasteiger charge is 2.51. The molecule has 2 N–H and O–H groups in total. The van der Waals surface area contributed by atoms with Gasteiger partial charge in [-0.2, -0.15) is 18.2 Å². The van der Waals surface area contributed by atoms with Gasteiger partial charge in [0, 0.05) is 64.3 Å². The van der Waals surface area contributed by atoms with Crippen molar-refractivity contribution in [3.8, 4) is 11.1 Å². The molecule has 1 spiro atoms. The quantitative estimate of drug-likeness (QED) is 0.241. The molecule has 2 saturated heterocycles. The predicted octanol–water partition coefficient (Wildman–Crippen LogP) is 4.55. The van der Waals surface area contributed by atoms with Crippen molar-refractivity contribution >= 4 is 70.9 Å². The van der Waals surface area contributed by atoms with Crippen molar-refractivity contribution in [3.63, 3.8) is 0 Å². The first kappa shape index (κ1) is 31.9. The van der Waals surface area contributed by atoms with Gasteiger partial charge in [0.1, 0.15) is 11.6 Å². The Kier molecular flexibility index (Phi) is 7.22. The number of halogens is 4. The number of thioether (sulfide) groups is 1. The second-order valence-electron chi connectivity index (χ2n) is 12.5. The monoisotopic (exact) mass is 708 g/mol. The lowest BCUT2D eigenvalue weighted by molar-refractivity contribution is -0.137. The van der Waals surface area contributed by atoms with E-state index in [2.05, 4.69) is 16.5 Å². The van der Waals surface area contributed by atoms with Gasteiger partial charge in [0.15, 0.2) is 15.0 Å². The minimum atomic E-state index is -4.92. The number of piperazine rings is 1. The molecule has 4 aromatic rings. The molecule has 10 nitrogen and oxygen atoms in total. The Labute approximate surface area is 274 Å². The molecule has 2 atom stereocenters. The average Bonchev–Trinajstić information content (AvgIpc) is 3.28. The van der Waals surface area contributed by atoms with Gasteiger partial charge in [0.05, 0.1) is 32.8 Å². The fourth-order valence-corrected chi connectivity index (χ4v) is 12.0. The molecule has 5 heterocycles. The molecule has 1 amide bonds. The van der Waals surface area contributed by atoms with E-state index >= 15 is 13.2 Å². The van der Waals surface area contributed by atoms with Crippen molar-refractivity contribution in [2.75, 3.05) is 41.0 Å². The standard InChI is InChI=1S/C30H28F4N6O4S3/c1-4-20(41)40-14(2)8-38(9-15(40)3)26-17-7-18(30(32,33)34)21(16-5-6-19(31)24-22(16)36-27(35)46-24)25-23(17)39(28(42)37-26)10-29(11-45-25)12-47(43,44)13-29/h4-7,14-15H,1,8-13H2,2-3H3,(H2,35,36)/t14-,15+. The number of aromatic nitrogens is 3.